The van der Waals surface area contributed by atoms with Gasteiger partial charge in [-0.1, -0.05) is 42.8 Å². The van der Waals surface area contributed by atoms with Crippen LogP contribution in [0.5, 0.6) is 0 Å². The van der Waals surface area contributed by atoms with E-state index >= 15 is 0 Å². The lowest BCUT2D eigenvalue weighted by atomic mass is 9.87. The highest BCUT2D eigenvalue weighted by Gasteiger charge is 2.35. The van der Waals surface area contributed by atoms with E-state index in [1.807, 2.05) is 37.3 Å². The summed E-state index contributed by atoms with van der Waals surface area (Å²) in [7, 11) is 0. The third kappa shape index (κ3) is 3.10. The Labute approximate surface area is 163 Å². The molecule has 0 radical (unpaired) electrons. The molecule has 2 aromatic carbocycles. The first-order valence-corrected chi connectivity index (χ1v) is 9.61. The van der Waals surface area contributed by atoms with Crippen molar-refractivity contribution >= 4 is 23.0 Å². The van der Waals surface area contributed by atoms with Gasteiger partial charge in [-0.2, -0.15) is 0 Å². The molecule has 3 aliphatic carbocycles. The first kappa shape index (κ1) is 18.0. The highest BCUT2D eigenvalue weighted by Crippen LogP contribution is 2.41. The summed E-state index contributed by atoms with van der Waals surface area (Å²) in [5.41, 5.74) is 3.14. The number of fused-ring (bicyclic) bond motifs is 2. The van der Waals surface area contributed by atoms with Gasteiger partial charge in [-0.3, -0.25) is 4.79 Å². The number of aryl methyl sites for hydroxylation is 1. The van der Waals surface area contributed by atoms with Gasteiger partial charge in [0.25, 0.3) is 0 Å². The molecule has 2 aromatic rings. The number of allylic oxidation sites excluding steroid dienone is 3. The lowest BCUT2D eigenvalue weighted by Crippen LogP contribution is -2.14. The van der Waals surface area contributed by atoms with Crippen molar-refractivity contribution in [2.45, 2.75) is 26.2 Å². The Morgan fingerprint density at radius 2 is 1.81 bits per heavy atom. The average Bonchev–Trinajstić information content (AvgIpc) is 2.86. The van der Waals surface area contributed by atoms with E-state index in [1.54, 1.807) is 12.1 Å². The van der Waals surface area contributed by atoms with Gasteiger partial charge in [0.15, 0.2) is 5.78 Å². The van der Waals surface area contributed by atoms with Crippen molar-refractivity contribution in [3.63, 3.8) is 0 Å². The number of hydrogen-bond acceptors (Lipinski definition) is 2. The maximum atomic E-state index is 14.4. The van der Waals surface area contributed by atoms with Crippen molar-refractivity contribution in [3.05, 3.63) is 76.3 Å². The standard InChI is InChI=1S/C23H20ClFO2/c1-2-13-3-8-16(18-10-9-17(24)12-20(18)25)11-19(13)21-22(26)14-4-5-15(7-6-14)23(21)27/h3-5,8-12,14-15,26H,2,6-7H2,1H3/t14-,15?/m0/s1. The summed E-state index contributed by atoms with van der Waals surface area (Å²) < 4.78 is 14.4. The number of rotatable bonds is 3. The molecule has 0 heterocycles. The van der Waals surface area contributed by atoms with Gasteiger partial charge in [0, 0.05) is 22.4 Å². The fourth-order valence-electron chi connectivity index (χ4n) is 4.04. The van der Waals surface area contributed by atoms with Gasteiger partial charge >= 0.3 is 0 Å². The molecule has 0 aromatic heterocycles. The largest absolute Gasteiger partial charge is 0.511 e. The molecule has 2 atom stereocenters. The van der Waals surface area contributed by atoms with E-state index < -0.39 is 5.82 Å². The Hall–Kier alpha value is -2.39. The second-order valence-electron chi connectivity index (χ2n) is 7.15. The van der Waals surface area contributed by atoms with E-state index in [2.05, 4.69) is 0 Å². The molecule has 3 aliphatic rings. The molecule has 4 heteroatoms. The molecule has 0 amide bonds. The van der Waals surface area contributed by atoms with Crippen molar-refractivity contribution in [2.75, 3.05) is 0 Å². The van der Waals surface area contributed by atoms with Crippen LogP contribution in [0.15, 0.2) is 54.3 Å². The Kier molecular flexibility index (Phi) is 4.65. The van der Waals surface area contributed by atoms with E-state index in [4.69, 9.17) is 11.6 Å². The molecular weight excluding hydrogens is 363 g/mol. The minimum absolute atomic E-state index is 0.0489. The van der Waals surface area contributed by atoms with Gasteiger partial charge in [0.2, 0.25) is 0 Å². The fraction of sp³-hybridized carbons (Fsp3) is 0.261. The first-order chi connectivity index (χ1) is 13.0. The Bertz CT molecular complexity index is 990. The molecule has 5 rings (SSSR count). The molecule has 2 nitrogen and oxygen atoms in total. The van der Waals surface area contributed by atoms with Gasteiger partial charge in [-0.05, 0) is 60.2 Å². The summed E-state index contributed by atoms with van der Waals surface area (Å²) in [6.07, 6.45) is 6.08. The molecule has 0 aliphatic heterocycles. The minimum Gasteiger partial charge on any atom is -0.511 e. The zero-order valence-corrected chi connectivity index (χ0v) is 15.8. The fourth-order valence-corrected chi connectivity index (χ4v) is 4.20. The molecule has 2 bridgehead atoms. The summed E-state index contributed by atoms with van der Waals surface area (Å²) in [4.78, 5) is 13.1. The Morgan fingerprint density at radius 3 is 2.48 bits per heavy atom. The normalized spacial score (nSPS) is 21.7. The third-order valence-electron chi connectivity index (χ3n) is 5.56. The van der Waals surface area contributed by atoms with Crippen LogP contribution in [0.1, 0.15) is 30.9 Å². The van der Waals surface area contributed by atoms with Crippen molar-refractivity contribution in [2.24, 2.45) is 11.8 Å². The summed E-state index contributed by atoms with van der Waals surface area (Å²) >= 11 is 5.87. The number of carbonyl (C=O) groups is 1. The zero-order valence-electron chi connectivity index (χ0n) is 15.0. The van der Waals surface area contributed by atoms with E-state index in [-0.39, 0.29) is 23.4 Å². The highest BCUT2D eigenvalue weighted by molar-refractivity contribution is 6.30. The van der Waals surface area contributed by atoms with Crippen molar-refractivity contribution in [1.29, 1.82) is 0 Å². The van der Waals surface area contributed by atoms with Crippen LogP contribution < -0.4 is 0 Å². The molecule has 0 fully saturated rings. The second kappa shape index (κ2) is 6.97. The van der Waals surface area contributed by atoms with E-state index in [0.717, 1.165) is 18.4 Å². The van der Waals surface area contributed by atoms with Crippen LogP contribution in [-0.4, -0.2) is 10.9 Å². The van der Waals surface area contributed by atoms with Crippen molar-refractivity contribution in [3.8, 4) is 11.1 Å². The number of aliphatic hydroxyl groups excluding tert-OH is 1. The molecule has 138 valence electrons. The van der Waals surface area contributed by atoms with E-state index in [1.165, 1.54) is 6.07 Å². The number of ketones is 1. The molecule has 1 N–H and O–H groups in total. The maximum Gasteiger partial charge on any atom is 0.173 e. The number of aliphatic hydroxyl groups is 1. The van der Waals surface area contributed by atoms with Gasteiger partial charge in [-0.25, -0.2) is 4.39 Å². The molecule has 0 spiro atoms. The van der Waals surface area contributed by atoms with Crippen LogP contribution in [0.4, 0.5) is 4.39 Å². The van der Waals surface area contributed by atoms with Crippen molar-refractivity contribution in [1.82, 2.24) is 0 Å². The molecular formula is C23H20ClFO2. The van der Waals surface area contributed by atoms with Crippen LogP contribution in [0.3, 0.4) is 0 Å². The SMILES string of the molecule is CCc1ccc(-c2ccc(Cl)cc2F)cc1C1=C(O)[C@H]2C=CC(CC2)C1=O. The lowest BCUT2D eigenvalue weighted by Gasteiger charge is -2.16. The Morgan fingerprint density at radius 1 is 1.07 bits per heavy atom. The smallest absolute Gasteiger partial charge is 0.173 e. The summed E-state index contributed by atoms with van der Waals surface area (Å²) in [5.74, 6) is -0.637. The molecule has 1 unspecified atom stereocenters. The molecule has 27 heavy (non-hydrogen) atoms. The van der Waals surface area contributed by atoms with E-state index in [0.29, 0.717) is 33.7 Å². The first-order valence-electron chi connectivity index (χ1n) is 9.24. The van der Waals surface area contributed by atoms with Crippen LogP contribution in [-0.2, 0) is 11.2 Å². The van der Waals surface area contributed by atoms with Gasteiger partial charge < -0.3 is 5.11 Å². The lowest BCUT2D eigenvalue weighted by molar-refractivity contribution is -0.116. The van der Waals surface area contributed by atoms with Crippen LogP contribution in [0, 0.1) is 17.7 Å². The summed E-state index contributed by atoms with van der Waals surface area (Å²) in [6.45, 7) is 2.01. The number of Topliss-reactive ketones (excluding diaryl/α,β-unsaturated/α-hetero) is 1. The second-order valence-corrected chi connectivity index (χ2v) is 7.59. The predicted molar refractivity (Wildman–Crippen MR) is 106 cm³/mol. The average molecular weight is 383 g/mol. The minimum atomic E-state index is -0.412. The number of halogens is 2. The quantitative estimate of drug-likeness (QED) is 0.647. The summed E-state index contributed by atoms with van der Waals surface area (Å²) in [5, 5.41) is 11.2. The van der Waals surface area contributed by atoms with Crippen LogP contribution >= 0.6 is 11.6 Å². The van der Waals surface area contributed by atoms with Gasteiger partial charge in [0.05, 0.1) is 5.57 Å². The maximum absolute atomic E-state index is 14.4. The number of hydrogen-bond donors (Lipinski definition) is 1. The van der Waals surface area contributed by atoms with Gasteiger partial charge in [0.1, 0.15) is 11.6 Å². The Balaban J connectivity index is 1.90. The number of benzene rings is 2. The molecule has 0 saturated carbocycles. The summed E-state index contributed by atoms with van der Waals surface area (Å²) in [6, 6.07) is 10.1. The third-order valence-corrected chi connectivity index (χ3v) is 5.79. The van der Waals surface area contributed by atoms with Crippen LogP contribution in [0.2, 0.25) is 5.02 Å². The molecule has 0 saturated heterocycles. The van der Waals surface area contributed by atoms with E-state index in [9.17, 15) is 14.3 Å². The monoisotopic (exact) mass is 382 g/mol. The van der Waals surface area contributed by atoms with Crippen molar-refractivity contribution < 1.29 is 14.3 Å². The topological polar surface area (TPSA) is 37.3 Å². The predicted octanol–water partition coefficient (Wildman–Crippen LogP) is 6.14. The van der Waals surface area contributed by atoms with Crippen LogP contribution in [0.25, 0.3) is 16.7 Å². The highest BCUT2D eigenvalue weighted by atomic mass is 35.5. The van der Waals surface area contributed by atoms with Gasteiger partial charge in [-0.15, -0.1) is 0 Å². The zero-order chi connectivity index (χ0) is 19.1. The number of carbonyl (C=O) groups excluding carboxylic acids is 1.